The Morgan fingerprint density at radius 1 is 0.927 bits per heavy atom. The summed E-state index contributed by atoms with van der Waals surface area (Å²) < 4.78 is 25.2. The highest BCUT2D eigenvalue weighted by atomic mass is 32.1. The fourth-order valence-electron chi connectivity index (χ4n) is 5.33. The Morgan fingerprint density at radius 2 is 1.71 bits per heavy atom. The lowest BCUT2D eigenvalue weighted by Gasteiger charge is -2.16. The van der Waals surface area contributed by atoms with E-state index in [0.717, 1.165) is 16.7 Å². The first-order valence-corrected chi connectivity index (χ1v) is 15.0. The van der Waals surface area contributed by atoms with Crippen molar-refractivity contribution in [1.29, 1.82) is 0 Å². The van der Waals surface area contributed by atoms with Gasteiger partial charge in [0.2, 0.25) is 0 Å². The fraction of sp³-hybridized carbons (Fsp3) is 0.179. The van der Waals surface area contributed by atoms with Crippen molar-refractivity contribution in [2.75, 3.05) is 6.61 Å². The van der Waals surface area contributed by atoms with Crippen molar-refractivity contribution in [3.63, 3.8) is 0 Å². The number of aliphatic hydroxyl groups is 2. The Kier molecular flexibility index (Phi) is 6.45. The summed E-state index contributed by atoms with van der Waals surface area (Å²) in [5, 5.41) is 23.5. The lowest BCUT2D eigenvalue weighted by Crippen LogP contribution is -2.33. The third kappa shape index (κ3) is 4.64. The van der Waals surface area contributed by atoms with E-state index in [4.69, 9.17) is 14.5 Å². The molecule has 1 aliphatic rings. The molecule has 4 atom stereocenters. The number of benzene rings is 3. The number of phosphoric ester groups is 1. The van der Waals surface area contributed by atoms with Crippen LogP contribution in [0.1, 0.15) is 6.23 Å². The van der Waals surface area contributed by atoms with E-state index in [-0.39, 0.29) is 0 Å². The molecule has 13 heteroatoms. The van der Waals surface area contributed by atoms with E-state index in [2.05, 4.69) is 61.9 Å². The molecular weight excluding hydrogens is 567 g/mol. The maximum Gasteiger partial charge on any atom is 0.469 e. The molecule has 0 radical (unpaired) electrons. The van der Waals surface area contributed by atoms with E-state index >= 15 is 0 Å². The van der Waals surface area contributed by atoms with Gasteiger partial charge in [0.25, 0.3) is 0 Å². The van der Waals surface area contributed by atoms with Gasteiger partial charge in [0, 0.05) is 25.7 Å². The highest BCUT2D eigenvalue weighted by molar-refractivity contribution is 7.46. The van der Waals surface area contributed by atoms with Crippen molar-refractivity contribution in [3.05, 3.63) is 79.4 Å². The molecule has 6 aromatic rings. The lowest BCUT2D eigenvalue weighted by molar-refractivity contribution is -0.0504. The van der Waals surface area contributed by atoms with Crippen LogP contribution in [0.25, 0.3) is 53.7 Å². The van der Waals surface area contributed by atoms with Gasteiger partial charge in [-0.15, -0.1) is 11.3 Å². The molecule has 7 rings (SSSR count). The number of hydrogen-bond donors (Lipinski definition) is 4. The second-order valence-electron chi connectivity index (χ2n) is 9.74. The minimum atomic E-state index is -4.78. The van der Waals surface area contributed by atoms with Crippen molar-refractivity contribution < 1.29 is 33.8 Å². The maximum atomic E-state index is 11.1. The van der Waals surface area contributed by atoms with Gasteiger partial charge in [-0.05, 0) is 23.3 Å². The summed E-state index contributed by atoms with van der Waals surface area (Å²) in [6.45, 7) is -0.606. The Morgan fingerprint density at radius 3 is 2.56 bits per heavy atom. The molecule has 1 aliphatic heterocycles. The predicted octanol–water partition coefficient (Wildman–Crippen LogP) is 4.26. The standard InChI is InChI=1S/C28H23N4O7PS/c33-24-20(12-38-40(35,36)37)39-28(25(24)34)32-14-31-23-22(29-13-30-27(23)32)16-6-3-5-15(11-16)17-8-4-9-19-18-7-1-2-10-21(18)41-26(17)19/h1-11,13-14,20,24-25,28,33-34H,12H2,(H2,35,36,37)/t20-,24-,25-,28-/m1/s1. The van der Waals surface area contributed by atoms with Crippen LogP contribution in [-0.4, -0.2) is 64.4 Å². The van der Waals surface area contributed by atoms with Crippen LogP contribution in [0.3, 0.4) is 0 Å². The third-order valence-corrected chi connectivity index (χ3v) is 8.93. The van der Waals surface area contributed by atoms with Gasteiger partial charge in [-0.1, -0.05) is 54.6 Å². The van der Waals surface area contributed by atoms with E-state index < -0.39 is 39.0 Å². The van der Waals surface area contributed by atoms with Crippen LogP contribution in [0.15, 0.2) is 79.4 Å². The molecule has 41 heavy (non-hydrogen) atoms. The second-order valence-corrected chi connectivity index (χ2v) is 12.0. The molecule has 1 saturated heterocycles. The van der Waals surface area contributed by atoms with Crippen LogP contribution in [0, 0.1) is 0 Å². The van der Waals surface area contributed by atoms with Gasteiger partial charge in [0.05, 0.1) is 12.9 Å². The van der Waals surface area contributed by atoms with E-state index in [0.29, 0.717) is 16.9 Å². The van der Waals surface area contributed by atoms with Crippen molar-refractivity contribution >= 4 is 50.5 Å². The monoisotopic (exact) mass is 590 g/mol. The zero-order valence-corrected chi connectivity index (χ0v) is 22.9. The minimum Gasteiger partial charge on any atom is -0.387 e. The lowest BCUT2D eigenvalue weighted by atomic mass is 9.99. The molecule has 0 bridgehead atoms. The van der Waals surface area contributed by atoms with Crippen LogP contribution in [0.4, 0.5) is 0 Å². The molecule has 0 saturated carbocycles. The van der Waals surface area contributed by atoms with Crippen LogP contribution in [0.5, 0.6) is 0 Å². The average molecular weight is 591 g/mol. The molecule has 0 unspecified atom stereocenters. The molecule has 4 heterocycles. The molecule has 1 fully saturated rings. The number of phosphoric acid groups is 1. The molecule has 3 aromatic heterocycles. The topological polar surface area (TPSA) is 160 Å². The Hall–Kier alpha value is -3.58. The van der Waals surface area contributed by atoms with Gasteiger partial charge < -0.3 is 24.7 Å². The highest BCUT2D eigenvalue weighted by Crippen LogP contribution is 2.41. The van der Waals surface area contributed by atoms with Gasteiger partial charge >= 0.3 is 7.82 Å². The maximum absolute atomic E-state index is 11.1. The molecule has 0 aliphatic carbocycles. The highest BCUT2D eigenvalue weighted by Gasteiger charge is 2.45. The molecule has 208 valence electrons. The molecule has 4 N–H and O–H groups in total. The predicted molar refractivity (Wildman–Crippen MR) is 153 cm³/mol. The fourth-order valence-corrected chi connectivity index (χ4v) is 6.90. The number of rotatable bonds is 6. The quantitative estimate of drug-likeness (QED) is 0.207. The molecular formula is C28H23N4O7PS. The number of hydrogen-bond acceptors (Lipinski definition) is 9. The average Bonchev–Trinajstić information content (AvgIpc) is 3.65. The largest absolute Gasteiger partial charge is 0.469 e. The number of ether oxygens (including phenoxy) is 1. The van der Waals surface area contributed by atoms with Crippen LogP contribution in [0.2, 0.25) is 0 Å². The summed E-state index contributed by atoms with van der Waals surface area (Å²) in [6.07, 6.45) is -2.33. The van der Waals surface area contributed by atoms with Crippen molar-refractivity contribution in [1.82, 2.24) is 19.5 Å². The van der Waals surface area contributed by atoms with Crippen molar-refractivity contribution in [2.24, 2.45) is 0 Å². The zero-order valence-electron chi connectivity index (χ0n) is 21.2. The summed E-state index contributed by atoms with van der Waals surface area (Å²) in [5.74, 6) is 0. The van der Waals surface area contributed by atoms with Crippen LogP contribution >= 0.6 is 19.2 Å². The van der Waals surface area contributed by atoms with E-state index in [9.17, 15) is 14.8 Å². The number of thiophene rings is 1. The van der Waals surface area contributed by atoms with Crippen molar-refractivity contribution in [2.45, 2.75) is 24.5 Å². The smallest absolute Gasteiger partial charge is 0.387 e. The Labute approximate surface area is 236 Å². The van der Waals surface area contributed by atoms with Gasteiger partial charge in [-0.25, -0.2) is 19.5 Å². The molecule has 11 nitrogen and oxygen atoms in total. The minimum absolute atomic E-state index is 0.361. The first-order chi connectivity index (χ1) is 19.8. The van der Waals surface area contributed by atoms with E-state index in [1.807, 2.05) is 24.3 Å². The van der Waals surface area contributed by atoms with Gasteiger partial charge in [-0.2, -0.15) is 0 Å². The molecule has 0 amide bonds. The van der Waals surface area contributed by atoms with E-state index in [1.165, 1.54) is 37.4 Å². The first-order valence-electron chi connectivity index (χ1n) is 12.7. The van der Waals surface area contributed by atoms with Crippen molar-refractivity contribution in [3.8, 4) is 22.4 Å². The summed E-state index contributed by atoms with van der Waals surface area (Å²) in [4.78, 5) is 31.4. The normalized spacial score (nSPS) is 21.4. The number of aliphatic hydroxyl groups excluding tert-OH is 2. The summed E-state index contributed by atoms with van der Waals surface area (Å²) in [7, 11) is -4.78. The van der Waals surface area contributed by atoms with E-state index in [1.54, 1.807) is 11.3 Å². The number of nitrogens with zero attached hydrogens (tertiary/aromatic N) is 4. The zero-order chi connectivity index (χ0) is 28.3. The third-order valence-electron chi connectivity index (χ3n) is 7.23. The van der Waals surface area contributed by atoms with Crippen LogP contribution < -0.4 is 0 Å². The second kappa shape index (κ2) is 10.1. The summed E-state index contributed by atoms with van der Waals surface area (Å²) >= 11 is 1.76. The van der Waals surface area contributed by atoms with Crippen LogP contribution in [-0.2, 0) is 13.8 Å². The molecule has 0 spiro atoms. The summed E-state index contributed by atoms with van der Waals surface area (Å²) in [5.41, 5.74) is 4.36. The Bertz CT molecular complexity index is 1970. The number of fused-ring (bicyclic) bond motifs is 4. The number of imidazole rings is 1. The summed E-state index contributed by atoms with van der Waals surface area (Å²) in [6, 6.07) is 22.7. The first kappa shape index (κ1) is 26.3. The molecule has 3 aromatic carbocycles. The Balaban J connectivity index is 1.25. The SMILES string of the molecule is O=P(O)(O)OC[C@H]1O[C@@H](n2cnc3c(-c4cccc(-c5cccc6c5sc5ccccc56)c4)ncnc32)[C@H](O)[C@@H]1O. The van der Waals surface area contributed by atoms with Gasteiger partial charge in [0.15, 0.2) is 11.9 Å². The number of aromatic nitrogens is 4. The van der Waals surface area contributed by atoms with Gasteiger partial charge in [-0.3, -0.25) is 9.09 Å². The van der Waals surface area contributed by atoms with Gasteiger partial charge in [0.1, 0.15) is 35.8 Å².